The van der Waals surface area contributed by atoms with Crippen molar-refractivity contribution in [2.24, 2.45) is 7.05 Å². The minimum absolute atomic E-state index is 0. The highest BCUT2D eigenvalue weighted by Gasteiger charge is 2.43. The molecule has 124 valence electrons. The molecule has 0 aromatic carbocycles. The number of aliphatic hydroxyl groups excluding tert-OH is 3. The number of nitrogens with zero attached hydrogens (tertiary/aromatic N) is 4. The van der Waals surface area contributed by atoms with Crippen molar-refractivity contribution in [1.29, 1.82) is 5.41 Å². The molecule has 2 aromatic rings. The number of aryl methyl sites for hydroxylation is 1. The molecule has 0 radical (unpaired) electrons. The van der Waals surface area contributed by atoms with Gasteiger partial charge in [0.15, 0.2) is 17.4 Å². The molecule has 2 aromatic heterocycles. The molecule has 4 N–H and O–H groups in total. The van der Waals surface area contributed by atoms with Crippen LogP contribution in [0.2, 0.25) is 0 Å². The van der Waals surface area contributed by atoms with Gasteiger partial charge in [0.2, 0.25) is 0 Å². The standard InChI is InChI=1S/C11H15N5O4.2HI/c1-15-3-14-10-6(9(15)12)13-4-16(10)11-8(19)7(18)5(2-17)20-11;;/h3-5,7-8,11-12,17-19H,2H2,1H3;2*1H/p-1/t5-,7-,8-,11-;;/m1../s1. The predicted octanol–water partition coefficient (Wildman–Crippen LogP) is -4.52. The van der Waals surface area contributed by atoms with E-state index in [1.807, 2.05) is 0 Å². The maximum Gasteiger partial charge on any atom is 0.167 e. The first-order valence-corrected chi connectivity index (χ1v) is 6.09. The summed E-state index contributed by atoms with van der Waals surface area (Å²) in [6.45, 7) is -0.395. The Hall–Kier alpha value is -0.350. The molecule has 0 spiro atoms. The van der Waals surface area contributed by atoms with Crippen molar-refractivity contribution in [2.75, 3.05) is 6.61 Å². The van der Waals surface area contributed by atoms with Crippen molar-refractivity contribution >= 4 is 35.1 Å². The summed E-state index contributed by atoms with van der Waals surface area (Å²) >= 11 is 0. The van der Waals surface area contributed by atoms with E-state index in [4.69, 9.17) is 15.3 Å². The molecular weight excluding hydrogens is 520 g/mol. The minimum Gasteiger partial charge on any atom is -1.00 e. The molecule has 22 heavy (non-hydrogen) atoms. The van der Waals surface area contributed by atoms with Gasteiger partial charge in [-0.25, -0.2) is 9.97 Å². The number of imidazole rings is 1. The van der Waals surface area contributed by atoms with E-state index < -0.39 is 31.1 Å². The molecule has 3 rings (SSSR count). The molecule has 4 atom stereocenters. The molecule has 0 saturated carbocycles. The van der Waals surface area contributed by atoms with E-state index >= 15 is 0 Å². The fourth-order valence-electron chi connectivity index (χ4n) is 2.31. The van der Waals surface area contributed by atoms with Gasteiger partial charge in [0.05, 0.1) is 19.3 Å². The van der Waals surface area contributed by atoms with Gasteiger partial charge in [-0.2, -0.15) is 0 Å². The summed E-state index contributed by atoms with van der Waals surface area (Å²) < 4.78 is 8.39. The molecule has 1 saturated heterocycles. The first kappa shape index (κ1) is 19.7. The van der Waals surface area contributed by atoms with Crippen LogP contribution in [0.4, 0.5) is 0 Å². The van der Waals surface area contributed by atoms with Crippen LogP contribution in [0, 0.1) is 5.41 Å². The third-order valence-corrected chi connectivity index (χ3v) is 3.49. The van der Waals surface area contributed by atoms with Crippen molar-refractivity contribution in [1.82, 2.24) is 19.1 Å². The summed E-state index contributed by atoms with van der Waals surface area (Å²) in [5.74, 6) is 0. The van der Waals surface area contributed by atoms with E-state index in [-0.39, 0.29) is 53.4 Å². The second-order valence-electron chi connectivity index (χ2n) is 4.76. The number of rotatable bonds is 2. The Bertz CT molecular complexity index is 705. The van der Waals surface area contributed by atoms with Crippen molar-refractivity contribution in [2.45, 2.75) is 24.5 Å². The smallest absolute Gasteiger partial charge is 0.167 e. The molecule has 1 fully saturated rings. The topological polar surface area (TPSA) is 129 Å². The van der Waals surface area contributed by atoms with Crippen LogP contribution in [-0.2, 0) is 11.8 Å². The normalized spacial score (nSPS) is 27.5. The van der Waals surface area contributed by atoms with Gasteiger partial charge in [0.1, 0.15) is 23.8 Å². The van der Waals surface area contributed by atoms with E-state index in [0.29, 0.717) is 11.2 Å². The maximum atomic E-state index is 10.00. The zero-order valence-electron chi connectivity index (χ0n) is 11.5. The fourth-order valence-corrected chi connectivity index (χ4v) is 2.31. The van der Waals surface area contributed by atoms with Gasteiger partial charge >= 0.3 is 0 Å². The molecule has 0 amide bonds. The van der Waals surface area contributed by atoms with Gasteiger partial charge in [-0.05, 0) is 0 Å². The van der Waals surface area contributed by atoms with Gasteiger partial charge in [0.25, 0.3) is 0 Å². The second kappa shape index (κ2) is 7.48. The lowest BCUT2D eigenvalue weighted by Gasteiger charge is -2.16. The van der Waals surface area contributed by atoms with Crippen LogP contribution in [-0.4, -0.2) is 59.3 Å². The van der Waals surface area contributed by atoms with Crippen LogP contribution >= 0.6 is 24.0 Å². The highest BCUT2D eigenvalue weighted by molar-refractivity contribution is 14.0. The van der Waals surface area contributed by atoms with Gasteiger partial charge < -0.3 is 48.6 Å². The van der Waals surface area contributed by atoms with Crippen molar-refractivity contribution in [3.8, 4) is 0 Å². The van der Waals surface area contributed by atoms with E-state index in [0.717, 1.165) is 0 Å². The molecule has 9 nitrogen and oxygen atoms in total. The molecule has 0 aliphatic carbocycles. The number of hydrogen-bond acceptors (Lipinski definition) is 7. The molecular formula is C11H16I2N5O4-. The van der Waals surface area contributed by atoms with E-state index in [9.17, 15) is 10.2 Å². The number of nitrogens with one attached hydrogen (secondary N) is 1. The lowest BCUT2D eigenvalue weighted by molar-refractivity contribution is -0.0511. The SMILES string of the molecule is Cn1cnc2c(ncn2[C@@H]2O[C@H](CO)[C@@H](O)[C@H]2O)c1=N.I.[I-]. The number of aliphatic hydroxyl groups is 3. The molecule has 1 aliphatic heterocycles. The van der Waals surface area contributed by atoms with Crippen molar-refractivity contribution < 1.29 is 44.0 Å². The highest BCUT2D eigenvalue weighted by Crippen LogP contribution is 2.30. The zero-order chi connectivity index (χ0) is 14.4. The predicted molar refractivity (Wildman–Crippen MR) is 80.8 cm³/mol. The van der Waals surface area contributed by atoms with Crippen LogP contribution < -0.4 is 29.5 Å². The molecule has 1 aliphatic rings. The first-order chi connectivity index (χ1) is 9.54. The van der Waals surface area contributed by atoms with Gasteiger partial charge in [0, 0.05) is 7.05 Å². The Morgan fingerprint density at radius 3 is 2.55 bits per heavy atom. The maximum absolute atomic E-state index is 10.00. The van der Waals surface area contributed by atoms with Gasteiger partial charge in [-0.1, -0.05) is 0 Å². The van der Waals surface area contributed by atoms with Gasteiger partial charge in [-0.15, -0.1) is 24.0 Å². The monoisotopic (exact) mass is 536 g/mol. The Morgan fingerprint density at radius 2 is 1.95 bits per heavy atom. The number of halogens is 2. The van der Waals surface area contributed by atoms with Crippen LogP contribution in [0.3, 0.4) is 0 Å². The largest absolute Gasteiger partial charge is 1.00 e. The lowest BCUT2D eigenvalue weighted by Crippen LogP contribution is -3.00. The number of aromatic nitrogens is 4. The van der Waals surface area contributed by atoms with Crippen molar-refractivity contribution in [3.05, 3.63) is 18.1 Å². The Labute approximate surface area is 159 Å². The Balaban J connectivity index is 0.00000121. The first-order valence-electron chi connectivity index (χ1n) is 6.09. The molecule has 0 unspecified atom stereocenters. The zero-order valence-corrected chi connectivity index (χ0v) is 16.0. The third-order valence-electron chi connectivity index (χ3n) is 3.49. The van der Waals surface area contributed by atoms with Crippen LogP contribution in [0.5, 0.6) is 0 Å². The summed E-state index contributed by atoms with van der Waals surface area (Å²) in [5.41, 5.74) is 0.927. The average Bonchev–Trinajstić information content (AvgIpc) is 2.98. The average molecular weight is 536 g/mol. The van der Waals surface area contributed by atoms with E-state index in [2.05, 4.69) is 9.97 Å². The summed E-state index contributed by atoms with van der Waals surface area (Å²) in [5, 5.41) is 36.8. The second-order valence-corrected chi connectivity index (χ2v) is 4.76. The lowest BCUT2D eigenvalue weighted by atomic mass is 10.1. The molecule has 0 bridgehead atoms. The summed E-state index contributed by atoms with van der Waals surface area (Å²) in [6, 6.07) is 0. The number of ether oxygens (including phenoxy) is 1. The third kappa shape index (κ3) is 3.01. The summed E-state index contributed by atoms with van der Waals surface area (Å²) in [7, 11) is 1.68. The number of hydrogen-bond donors (Lipinski definition) is 4. The van der Waals surface area contributed by atoms with Crippen LogP contribution in [0.1, 0.15) is 6.23 Å². The summed E-state index contributed by atoms with van der Waals surface area (Å²) in [4.78, 5) is 8.26. The molecule has 11 heteroatoms. The Kier molecular flexibility index (Phi) is 6.70. The quantitative estimate of drug-likeness (QED) is 0.287. The Morgan fingerprint density at radius 1 is 1.27 bits per heavy atom. The van der Waals surface area contributed by atoms with Gasteiger partial charge in [-0.3, -0.25) is 9.98 Å². The molecule has 3 heterocycles. The number of fused-ring (bicyclic) bond motifs is 1. The van der Waals surface area contributed by atoms with Crippen LogP contribution in [0.25, 0.3) is 11.2 Å². The van der Waals surface area contributed by atoms with E-state index in [1.165, 1.54) is 21.8 Å². The minimum atomic E-state index is -1.20. The van der Waals surface area contributed by atoms with E-state index in [1.54, 1.807) is 7.05 Å². The summed E-state index contributed by atoms with van der Waals surface area (Å²) in [6.07, 6.45) is -1.28. The van der Waals surface area contributed by atoms with Crippen molar-refractivity contribution in [3.63, 3.8) is 0 Å². The fraction of sp³-hybridized carbons (Fsp3) is 0.545. The van der Waals surface area contributed by atoms with Crippen LogP contribution in [0.15, 0.2) is 12.7 Å². The highest BCUT2D eigenvalue weighted by atomic mass is 127.